The standard InChI is InChI=1S/C40H32Cl2O4/c41-34-24-26-38(29-15-5-1-6-16-29,33-25-28-45-37(43)36(33)46-35-23-13-14-27-44-35)39(30-17-7-2-8-18-30,31-19-9-3-10-20-31)40(34,42)32-21-11-4-12-22-32/h1-27,34-36H,28H2/t34-,35?,36?,38?,40+/m0/s1. The zero-order valence-electron chi connectivity index (χ0n) is 24.9. The van der Waals surface area contributed by atoms with E-state index < -0.39 is 39.4 Å². The topological polar surface area (TPSA) is 44.8 Å². The number of benzene rings is 4. The molecule has 0 aromatic heterocycles. The number of halogens is 2. The van der Waals surface area contributed by atoms with Gasteiger partial charge in [0.05, 0.1) is 22.5 Å². The van der Waals surface area contributed by atoms with Gasteiger partial charge in [0.2, 0.25) is 6.29 Å². The highest BCUT2D eigenvalue weighted by molar-refractivity contribution is 6.34. The van der Waals surface area contributed by atoms with Crippen LogP contribution in [0.1, 0.15) is 22.3 Å². The molecule has 6 heteroatoms. The molecule has 0 N–H and O–H groups in total. The Kier molecular flexibility index (Phi) is 8.20. The van der Waals surface area contributed by atoms with Crippen LogP contribution in [0.25, 0.3) is 0 Å². The van der Waals surface area contributed by atoms with E-state index in [4.69, 9.17) is 37.4 Å². The van der Waals surface area contributed by atoms with Crippen LogP contribution < -0.4 is 0 Å². The first-order valence-corrected chi connectivity index (χ1v) is 16.1. The van der Waals surface area contributed by atoms with E-state index in [0.717, 1.165) is 22.3 Å². The summed E-state index contributed by atoms with van der Waals surface area (Å²) in [6.07, 6.45) is 11.0. The fourth-order valence-electron chi connectivity index (χ4n) is 7.55. The lowest BCUT2D eigenvalue weighted by Gasteiger charge is -2.63. The summed E-state index contributed by atoms with van der Waals surface area (Å²) in [7, 11) is 0. The van der Waals surface area contributed by atoms with Crippen LogP contribution in [0.5, 0.6) is 0 Å². The lowest BCUT2D eigenvalue weighted by molar-refractivity contribution is -0.170. The number of allylic oxidation sites excluding steroid dienone is 4. The fraction of sp³-hybridized carbons (Fsp3) is 0.175. The molecule has 5 atom stereocenters. The second-order valence-corrected chi connectivity index (χ2v) is 12.6. The second-order valence-electron chi connectivity index (χ2n) is 11.5. The van der Waals surface area contributed by atoms with Gasteiger partial charge in [-0.1, -0.05) is 140 Å². The highest BCUT2D eigenvalue weighted by Crippen LogP contribution is 2.69. The Labute approximate surface area is 279 Å². The van der Waals surface area contributed by atoms with Crippen LogP contribution in [0, 0.1) is 0 Å². The van der Waals surface area contributed by atoms with Crippen molar-refractivity contribution >= 4 is 29.2 Å². The van der Waals surface area contributed by atoms with E-state index in [9.17, 15) is 4.79 Å². The molecule has 0 saturated carbocycles. The maximum absolute atomic E-state index is 13.9. The molecule has 3 unspecified atom stereocenters. The molecule has 2 heterocycles. The minimum atomic E-state index is -1.29. The van der Waals surface area contributed by atoms with Crippen molar-refractivity contribution in [2.24, 2.45) is 0 Å². The van der Waals surface area contributed by atoms with Crippen molar-refractivity contribution in [3.63, 3.8) is 0 Å². The maximum Gasteiger partial charge on any atom is 0.340 e. The van der Waals surface area contributed by atoms with E-state index in [1.807, 2.05) is 103 Å². The monoisotopic (exact) mass is 646 g/mol. The van der Waals surface area contributed by atoms with Gasteiger partial charge < -0.3 is 14.2 Å². The summed E-state index contributed by atoms with van der Waals surface area (Å²) in [5.41, 5.74) is 2.02. The van der Waals surface area contributed by atoms with Gasteiger partial charge in [-0.15, -0.1) is 23.2 Å². The number of carbonyl (C=O) groups excluding carboxylic acids is 1. The molecule has 2 aliphatic heterocycles. The van der Waals surface area contributed by atoms with Crippen molar-refractivity contribution in [1.29, 1.82) is 0 Å². The Bertz CT molecular complexity index is 1760. The summed E-state index contributed by atoms with van der Waals surface area (Å²) in [4.78, 5) is 12.6. The summed E-state index contributed by atoms with van der Waals surface area (Å²) in [6.45, 7) is 0.0717. The third-order valence-corrected chi connectivity index (χ3v) is 10.6. The molecule has 0 spiro atoms. The second kappa shape index (κ2) is 12.4. The molecule has 3 aliphatic rings. The number of rotatable bonds is 7. The van der Waals surface area contributed by atoms with Gasteiger partial charge in [0.1, 0.15) is 11.5 Å². The Morgan fingerprint density at radius 3 is 1.78 bits per heavy atom. The van der Waals surface area contributed by atoms with Crippen LogP contribution >= 0.6 is 23.2 Å². The summed E-state index contributed by atoms with van der Waals surface area (Å²) < 4.78 is 17.9. The lowest BCUT2D eigenvalue weighted by atomic mass is 9.43. The van der Waals surface area contributed by atoms with Gasteiger partial charge in [-0.25, -0.2) is 4.79 Å². The van der Waals surface area contributed by atoms with Gasteiger partial charge in [0.25, 0.3) is 0 Å². The number of carbonyl (C=O) groups is 1. The largest absolute Gasteiger partial charge is 0.469 e. The number of esters is 1. The first kappa shape index (κ1) is 30.3. The molecule has 4 aromatic carbocycles. The zero-order chi connectivity index (χ0) is 31.6. The third kappa shape index (κ3) is 4.59. The van der Waals surface area contributed by atoms with Crippen LogP contribution in [-0.2, 0) is 34.7 Å². The lowest BCUT2D eigenvalue weighted by Crippen LogP contribution is -2.66. The van der Waals surface area contributed by atoms with Gasteiger partial charge in [-0.05, 0) is 46.1 Å². The SMILES string of the molecule is O=C1OCC=C(C2(c3ccccc3)C=C[C@H](Cl)[C@](Cl)(c3ccccc3)C2(c2ccccc2)c2ccccc2)C1OC1C=CC=CO1. The van der Waals surface area contributed by atoms with Gasteiger partial charge in [-0.3, -0.25) is 0 Å². The summed E-state index contributed by atoms with van der Waals surface area (Å²) in [5.74, 6) is -0.504. The molecular formula is C40H32Cl2O4. The van der Waals surface area contributed by atoms with Crippen molar-refractivity contribution in [2.45, 2.75) is 33.5 Å². The van der Waals surface area contributed by atoms with Crippen LogP contribution in [0.3, 0.4) is 0 Å². The van der Waals surface area contributed by atoms with Crippen LogP contribution in [0.4, 0.5) is 0 Å². The molecule has 0 amide bonds. The quantitative estimate of drug-likeness (QED) is 0.115. The fourth-order valence-corrected chi connectivity index (χ4v) is 8.48. The molecule has 46 heavy (non-hydrogen) atoms. The van der Waals surface area contributed by atoms with E-state index >= 15 is 0 Å². The Hall–Kier alpha value is -4.35. The first-order valence-electron chi connectivity index (χ1n) is 15.3. The van der Waals surface area contributed by atoms with Crippen molar-refractivity contribution in [3.05, 3.63) is 192 Å². The molecule has 230 valence electrons. The summed E-state index contributed by atoms with van der Waals surface area (Å²) in [6, 6.07) is 40.6. The predicted octanol–water partition coefficient (Wildman–Crippen LogP) is 8.52. The number of ether oxygens (including phenoxy) is 3. The Morgan fingerprint density at radius 2 is 1.24 bits per heavy atom. The molecule has 4 nitrogen and oxygen atoms in total. The molecule has 7 rings (SSSR count). The van der Waals surface area contributed by atoms with Crippen molar-refractivity contribution in [1.82, 2.24) is 0 Å². The molecule has 1 aliphatic carbocycles. The number of hydrogen-bond donors (Lipinski definition) is 0. The van der Waals surface area contributed by atoms with Gasteiger partial charge in [0.15, 0.2) is 6.10 Å². The molecule has 0 bridgehead atoms. The smallest absolute Gasteiger partial charge is 0.340 e. The van der Waals surface area contributed by atoms with Crippen LogP contribution in [0.15, 0.2) is 170 Å². The number of hydrogen-bond acceptors (Lipinski definition) is 4. The molecular weight excluding hydrogens is 615 g/mol. The predicted molar refractivity (Wildman–Crippen MR) is 182 cm³/mol. The zero-order valence-corrected chi connectivity index (χ0v) is 26.4. The van der Waals surface area contributed by atoms with Crippen molar-refractivity contribution in [3.8, 4) is 0 Å². The first-order chi connectivity index (χ1) is 22.5. The Balaban J connectivity index is 1.65. The van der Waals surface area contributed by atoms with E-state index in [2.05, 4.69) is 42.5 Å². The van der Waals surface area contributed by atoms with Crippen molar-refractivity contribution < 1.29 is 19.0 Å². The van der Waals surface area contributed by atoms with E-state index in [0.29, 0.717) is 5.57 Å². The average Bonchev–Trinajstić information content (AvgIpc) is 3.12. The van der Waals surface area contributed by atoms with Gasteiger partial charge in [0, 0.05) is 0 Å². The Morgan fingerprint density at radius 1 is 0.696 bits per heavy atom. The number of cyclic esters (lactones) is 1. The highest BCUT2D eigenvalue weighted by Gasteiger charge is 2.70. The van der Waals surface area contributed by atoms with Crippen LogP contribution in [-0.4, -0.2) is 30.3 Å². The molecule has 4 aromatic rings. The van der Waals surface area contributed by atoms with Crippen LogP contribution in [0.2, 0.25) is 0 Å². The minimum absolute atomic E-state index is 0.0717. The van der Waals surface area contributed by atoms with Gasteiger partial charge in [-0.2, -0.15) is 0 Å². The molecule has 0 radical (unpaired) electrons. The highest BCUT2D eigenvalue weighted by atomic mass is 35.5. The van der Waals surface area contributed by atoms with Gasteiger partial charge >= 0.3 is 5.97 Å². The van der Waals surface area contributed by atoms with E-state index in [-0.39, 0.29) is 6.61 Å². The molecule has 0 saturated heterocycles. The average molecular weight is 648 g/mol. The van der Waals surface area contributed by atoms with Crippen molar-refractivity contribution in [2.75, 3.05) is 6.61 Å². The van der Waals surface area contributed by atoms with E-state index in [1.54, 1.807) is 18.4 Å². The maximum atomic E-state index is 13.9. The molecule has 0 fully saturated rings. The summed E-state index contributed by atoms with van der Waals surface area (Å²) >= 11 is 15.9. The minimum Gasteiger partial charge on any atom is -0.469 e. The summed E-state index contributed by atoms with van der Waals surface area (Å²) in [5, 5.41) is -0.668. The normalized spacial score (nSPS) is 28.2. The van der Waals surface area contributed by atoms with E-state index in [1.165, 1.54) is 0 Å². The third-order valence-electron chi connectivity index (χ3n) is 9.29. The number of alkyl halides is 2.